The van der Waals surface area contributed by atoms with E-state index in [2.05, 4.69) is 243 Å². The molecule has 0 spiro atoms. The number of hydrogen-bond acceptors (Lipinski definition) is 1. The highest BCUT2D eigenvalue weighted by Crippen LogP contribution is 2.57. The highest BCUT2D eigenvalue weighted by Gasteiger charge is 2.39. The van der Waals surface area contributed by atoms with Crippen molar-refractivity contribution in [1.82, 2.24) is 4.57 Å². The Morgan fingerprint density at radius 3 is 1.66 bits per heavy atom. The molecule has 0 saturated carbocycles. The van der Waals surface area contributed by atoms with E-state index in [-0.39, 0.29) is 10.8 Å². The molecule has 0 N–H and O–H groups in total. The van der Waals surface area contributed by atoms with E-state index in [4.69, 9.17) is 0 Å². The second-order valence-corrected chi connectivity index (χ2v) is 18.1. The van der Waals surface area contributed by atoms with Gasteiger partial charge in [0.25, 0.3) is 0 Å². The summed E-state index contributed by atoms with van der Waals surface area (Å²) in [7, 11) is 0. The second-order valence-electron chi connectivity index (χ2n) is 18.1. The summed E-state index contributed by atoms with van der Waals surface area (Å²) in [6.07, 6.45) is 0. The summed E-state index contributed by atoms with van der Waals surface area (Å²) in [5, 5.41) is 2.50. The minimum absolute atomic E-state index is 0.106. The van der Waals surface area contributed by atoms with Gasteiger partial charge >= 0.3 is 0 Å². The van der Waals surface area contributed by atoms with E-state index in [1.54, 1.807) is 0 Å². The molecule has 10 aromatic rings. The fraction of sp³-hybridized carbons (Fsp3) is 0.100. The first-order chi connectivity index (χ1) is 30.3. The Hall–Kier alpha value is -7.42. The fourth-order valence-corrected chi connectivity index (χ4v) is 11.1. The van der Waals surface area contributed by atoms with Crippen LogP contribution in [0.15, 0.2) is 206 Å². The number of aromatic nitrogens is 1. The minimum Gasteiger partial charge on any atom is -0.309 e. The molecule has 62 heavy (non-hydrogen) atoms. The van der Waals surface area contributed by atoms with Gasteiger partial charge in [-0.25, -0.2) is 0 Å². The molecule has 0 bridgehead atoms. The standard InChI is InChI=1S/C60H46N2/c1-59(2)48-30-12-8-25-45(48)56-44(29-17-32-50(56)59)43-24-10-14-34-52(43)62(55-37-19-33-51-58(55)46-26-9-13-31-49(46)60(51,3)4)41-23-16-20-39(38-41)42-28-18-36-54-57(42)47-27-11-15-35-53(47)61(54)40-21-6-5-7-22-40/h5-38H,1-4H3. The van der Waals surface area contributed by atoms with E-state index >= 15 is 0 Å². The third-order valence-electron chi connectivity index (χ3n) is 14.0. The molecule has 2 aliphatic carbocycles. The van der Waals surface area contributed by atoms with Gasteiger partial charge in [0.2, 0.25) is 0 Å². The number of fused-ring (bicyclic) bond motifs is 9. The predicted octanol–water partition coefficient (Wildman–Crippen LogP) is 16.2. The molecule has 0 unspecified atom stereocenters. The van der Waals surface area contributed by atoms with E-state index in [1.165, 1.54) is 94.3 Å². The van der Waals surface area contributed by atoms with E-state index < -0.39 is 0 Å². The zero-order valence-electron chi connectivity index (χ0n) is 35.5. The highest BCUT2D eigenvalue weighted by molar-refractivity contribution is 6.16. The van der Waals surface area contributed by atoms with Gasteiger partial charge in [-0.2, -0.15) is 0 Å². The van der Waals surface area contributed by atoms with Crippen LogP contribution in [0.25, 0.3) is 72.0 Å². The molecule has 0 radical (unpaired) electrons. The first kappa shape index (κ1) is 36.4. The molecule has 0 aliphatic heterocycles. The van der Waals surface area contributed by atoms with E-state index in [0.29, 0.717) is 0 Å². The van der Waals surface area contributed by atoms with Crippen LogP contribution < -0.4 is 4.90 Å². The summed E-state index contributed by atoms with van der Waals surface area (Å²) in [5.74, 6) is 0. The summed E-state index contributed by atoms with van der Waals surface area (Å²) >= 11 is 0. The molecule has 12 rings (SSSR count). The van der Waals surface area contributed by atoms with Crippen LogP contribution in [0.4, 0.5) is 17.1 Å². The third-order valence-corrected chi connectivity index (χ3v) is 14.0. The molecule has 1 aromatic heterocycles. The Bertz CT molecular complexity index is 3420. The topological polar surface area (TPSA) is 8.17 Å². The molecule has 2 heteroatoms. The van der Waals surface area contributed by atoms with Gasteiger partial charge in [-0.05, 0) is 104 Å². The van der Waals surface area contributed by atoms with Crippen LogP contribution in [0.1, 0.15) is 49.9 Å². The maximum atomic E-state index is 2.55. The van der Waals surface area contributed by atoms with Crippen molar-refractivity contribution < 1.29 is 0 Å². The van der Waals surface area contributed by atoms with Crippen molar-refractivity contribution in [2.75, 3.05) is 4.90 Å². The summed E-state index contributed by atoms with van der Waals surface area (Å²) in [4.78, 5) is 2.55. The van der Waals surface area contributed by atoms with E-state index in [1.807, 2.05) is 0 Å². The van der Waals surface area contributed by atoms with Crippen LogP contribution in [-0.4, -0.2) is 4.57 Å². The van der Waals surface area contributed by atoms with Crippen molar-refractivity contribution in [3.05, 3.63) is 229 Å². The van der Waals surface area contributed by atoms with Crippen LogP contribution in [0, 0.1) is 0 Å². The summed E-state index contributed by atoms with van der Waals surface area (Å²) in [6, 6.07) is 76.6. The van der Waals surface area contributed by atoms with E-state index in [9.17, 15) is 0 Å². The lowest BCUT2D eigenvalue weighted by Crippen LogP contribution is -2.16. The monoisotopic (exact) mass is 794 g/mol. The Balaban J connectivity index is 1.13. The highest BCUT2D eigenvalue weighted by atomic mass is 15.1. The number of anilines is 3. The predicted molar refractivity (Wildman–Crippen MR) is 261 cm³/mol. The van der Waals surface area contributed by atoms with Crippen molar-refractivity contribution in [3.63, 3.8) is 0 Å². The minimum atomic E-state index is -0.146. The van der Waals surface area contributed by atoms with Crippen LogP contribution in [0.3, 0.4) is 0 Å². The van der Waals surface area contributed by atoms with Crippen molar-refractivity contribution in [2.45, 2.75) is 38.5 Å². The zero-order chi connectivity index (χ0) is 41.7. The largest absolute Gasteiger partial charge is 0.309 e. The maximum absolute atomic E-state index is 2.55. The number of nitrogens with zero attached hydrogens (tertiary/aromatic N) is 2. The zero-order valence-corrected chi connectivity index (χ0v) is 35.5. The lowest BCUT2D eigenvalue weighted by Gasteiger charge is -2.31. The third kappa shape index (κ3) is 5.16. The molecular weight excluding hydrogens is 749 g/mol. The van der Waals surface area contributed by atoms with Crippen LogP contribution >= 0.6 is 0 Å². The lowest BCUT2D eigenvalue weighted by atomic mass is 9.82. The fourth-order valence-electron chi connectivity index (χ4n) is 11.1. The summed E-state index contributed by atoms with van der Waals surface area (Å²) in [5.41, 5.74) is 22.3. The molecular formula is C60H46N2. The van der Waals surface area contributed by atoms with Gasteiger partial charge in [-0.3, -0.25) is 0 Å². The number of rotatable bonds is 6. The van der Waals surface area contributed by atoms with Crippen molar-refractivity contribution in [3.8, 4) is 50.2 Å². The van der Waals surface area contributed by atoms with Gasteiger partial charge in [-0.1, -0.05) is 185 Å². The van der Waals surface area contributed by atoms with Crippen molar-refractivity contribution in [1.29, 1.82) is 0 Å². The molecule has 0 amide bonds. The number of hydrogen-bond donors (Lipinski definition) is 0. The molecule has 9 aromatic carbocycles. The molecule has 296 valence electrons. The van der Waals surface area contributed by atoms with Gasteiger partial charge in [-0.15, -0.1) is 0 Å². The summed E-state index contributed by atoms with van der Waals surface area (Å²) < 4.78 is 2.41. The Kier molecular flexibility index (Phi) is 7.96. The average Bonchev–Trinajstić information content (AvgIpc) is 3.87. The van der Waals surface area contributed by atoms with Gasteiger partial charge in [0.05, 0.1) is 22.4 Å². The van der Waals surface area contributed by atoms with E-state index in [0.717, 1.165) is 17.1 Å². The smallest absolute Gasteiger partial charge is 0.0547 e. The molecule has 2 nitrogen and oxygen atoms in total. The van der Waals surface area contributed by atoms with Gasteiger partial charge in [0.1, 0.15) is 0 Å². The Labute approximate surface area is 364 Å². The average molecular weight is 795 g/mol. The van der Waals surface area contributed by atoms with Crippen LogP contribution in [0.2, 0.25) is 0 Å². The first-order valence-electron chi connectivity index (χ1n) is 21.9. The van der Waals surface area contributed by atoms with Gasteiger partial charge < -0.3 is 9.47 Å². The number of para-hydroxylation sites is 3. The molecule has 0 saturated heterocycles. The molecule has 0 atom stereocenters. The van der Waals surface area contributed by atoms with Gasteiger partial charge in [0.15, 0.2) is 0 Å². The summed E-state index contributed by atoms with van der Waals surface area (Å²) in [6.45, 7) is 9.49. The molecule has 1 heterocycles. The normalized spacial score (nSPS) is 14.1. The number of benzene rings is 9. The first-order valence-corrected chi connectivity index (χ1v) is 21.9. The molecule has 0 fully saturated rings. The second kappa shape index (κ2) is 13.5. The maximum Gasteiger partial charge on any atom is 0.0547 e. The van der Waals surface area contributed by atoms with Crippen LogP contribution in [0.5, 0.6) is 0 Å². The molecule has 2 aliphatic rings. The van der Waals surface area contributed by atoms with Gasteiger partial charge in [0, 0.05) is 44.1 Å². The van der Waals surface area contributed by atoms with Crippen LogP contribution in [-0.2, 0) is 10.8 Å². The lowest BCUT2D eigenvalue weighted by molar-refractivity contribution is 0.660. The Morgan fingerprint density at radius 1 is 0.371 bits per heavy atom. The Morgan fingerprint density at radius 2 is 0.887 bits per heavy atom. The quantitative estimate of drug-likeness (QED) is 0.163. The van der Waals surface area contributed by atoms with Crippen molar-refractivity contribution in [2.24, 2.45) is 0 Å². The SMILES string of the molecule is CC1(C)c2ccccc2-c2c(-c3ccccc3N(c3cccc(-c4cccc5c4c4ccccc4n5-c4ccccc4)c3)c3cccc4c3-c3ccccc3C4(C)C)cccc21. The van der Waals surface area contributed by atoms with Crippen molar-refractivity contribution >= 4 is 38.9 Å².